The first-order valence-electron chi connectivity index (χ1n) is 7.52. The predicted octanol–water partition coefficient (Wildman–Crippen LogP) is 4.21. The van der Waals surface area contributed by atoms with Crippen LogP contribution in [0.15, 0.2) is 46.9 Å². The molecule has 1 aromatic heterocycles. The van der Waals surface area contributed by atoms with E-state index in [1.807, 2.05) is 57.2 Å². The van der Waals surface area contributed by atoms with Gasteiger partial charge < -0.3 is 5.32 Å². The monoisotopic (exact) mass is 384 g/mol. The number of rotatable bonds is 3. The number of anilines is 1. The number of aromatic nitrogens is 3. The van der Waals surface area contributed by atoms with Crippen LogP contribution in [-0.2, 0) is 0 Å². The second kappa shape index (κ2) is 6.57. The summed E-state index contributed by atoms with van der Waals surface area (Å²) in [5.41, 5.74) is 4.91. The third-order valence-electron chi connectivity index (χ3n) is 3.66. The summed E-state index contributed by atoms with van der Waals surface area (Å²) in [4.78, 5) is 12.5. The van der Waals surface area contributed by atoms with Crippen LogP contribution in [0.25, 0.3) is 5.69 Å². The third kappa shape index (κ3) is 3.38. The van der Waals surface area contributed by atoms with Crippen LogP contribution in [-0.4, -0.2) is 20.9 Å². The Balaban J connectivity index is 1.89. The molecule has 0 atom stereocenters. The third-order valence-corrected chi connectivity index (χ3v) is 4.19. The van der Waals surface area contributed by atoms with Crippen molar-refractivity contribution in [2.45, 2.75) is 20.8 Å². The maximum atomic E-state index is 12.5. The molecule has 0 radical (unpaired) electrons. The van der Waals surface area contributed by atoms with Crippen molar-refractivity contribution in [2.75, 3.05) is 5.32 Å². The Morgan fingerprint density at radius 3 is 2.29 bits per heavy atom. The molecule has 0 bridgehead atoms. The number of carbonyl (C=O) groups excluding carboxylic acids is 1. The van der Waals surface area contributed by atoms with Gasteiger partial charge >= 0.3 is 0 Å². The second-order valence-corrected chi connectivity index (χ2v) is 6.66. The summed E-state index contributed by atoms with van der Waals surface area (Å²) in [5.74, 6) is -0.273. The summed E-state index contributed by atoms with van der Waals surface area (Å²) in [7, 11) is 0. The predicted molar refractivity (Wildman–Crippen MR) is 97.7 cm³/mol. The summed E-state index contributed by atoms with van der Waals surface area (Å²) >= 11 is 3.37. The van der Waals surface area contributed by atoms with E-state index < -0.39 is 0 Å². The lowest BCUT2D eigenvalue weighted by Gasteiger charge is -2.07. The number of halogens is 1. The van der Waals surface area contributed by atoms with Crippen LogP contribution in [0.5, 0.6) is 0 Å². The van der Waals surface area contributed by atoms with Crippen LogP contribution >= 0.6 is 15.9 Å². The van der Waals surface area contributed by atoms with Gasteiger partial charge in [0.2, 0.25) is 0 Å². The Morgan fingerprint density at radius 1 is 1.04 bits per heavy atom. The highest BCUT2D eigenvalue weighted by molar-refractivity contribution is 9.10. The molecule has 122 valence electrons. The molecule has 3 aromatic rings. The van der Waals surface area contributed by atoms with E-state index >= 15 is 0 Å². The van der Waals surface area contributed by atoms with E-state index in [-0.39, 0.29) is 5.91 Å². The number of hydrogen-bond donors (Lipinski definition) is 1. The quantitative estimate of drug-likeness (QED) is 0.735. The van der Waals surface area contributed by atoms with Crippen LogP contribution in [0.1, 0.15) is 27.3 Å². The highest BCUT2D eigenvalue weighted by Gasteiger charge is 2.17. The maximum Gasteiger partial charge on any atom is 0.278 e. The van der Waals surface area contributed by atoms with Gasteiger partial charge in [0.1, 0.15) is 0 Å². The largest absolute Gasteiger partial charge is 0.321 e. The Hall–Kier alpha value is -2.47. The summed E-state index contributed by atoms with van der Waals surface area (Å²) in [6.07, 6.45) is 0. The molecule has 0 saturated heterocycles. The molecule has 0 unspecified atom stereocenters. The van der Waals surface area contributed by atoms with E-state index in [0.29, 0.717) is 17.1 Å². The van der Waals surface area contributed by atoms with E-state index in [2.05, 4.69) is 37.6 Å². The van der Waals surface area contributed by atoms with Crippen LogP contribution in [0.2, 0.25) is 0 Å². The average Bonchev–Trinajstić information content (AvgIpc) is 2.90. The van der Waals surface area contributed by atoms with Gasteiger partial charge in [-0.3, -0.25) is 4.79 Å². The van der Waals surface area contributed by atoms with E-state index in [1.54, 1.807) is 4.68 Å². The molecular formula is C18H17BrN4O. The van der Waals surface area contributed by atoms with Crippen molar-refractivity contribution in [1.29, 1.82) is 0 Å². The number of nitrogens with zero attached hydrogens (tertiary/aromatic N) is 3. The van der Waals surface area contributed by atoms with Gasteiger partial charge in [-0.05, 0) is 68.3 Å². The van der Waals surface area contributed by atoms with Crippen molar-refractivity contribution in [3.63, 3.8) is 0 Å². The van der Waals surface area contributed by atoms with Crippen molar-refractivity contribution in [3.8, 4) is 5.69 Å². The van der Waals surface area contributed by atoms with Crippen molar-refractivity contribution in [1.82, 2.24) is 15.0 Å². The van der Waals surface area contributed by atoms with Crippen LogP contribution in [0.3, 0.4) is 0 Å². The smallest absolute Gasteiger partial charge is 0.278 e. The molecule has 24 heavy (non-hydrogen) atoms. The normalized spacial score (nSPS) is 10.7. The molecule has 0 fully saturated rings. The van der Waals surface area contributed by atoms with E-state index in [4.69, 9.17) is 0 Å². The minimum absolute atomic E-state index is 0.273. The Kier molecular flexibility index (Phi) is 4.49. The van der Waals surface area contributed by atoms with Gasteiger partial charge in [-0.1, -0.05) is 27.2 Å². The lowest BCUT2D eigenvalue weighted by Crippen LogP contribution is -2.14. The topological polar surface area (TPSA) is 59.8 Å². The van der Waals surface area contributed by atoms with Gasteiger partial charge in [-0.25, -0.2) is 4.68 Å². The van der Waals surface area contributed by atoms with Gasteiger partial charge in [-0.15, -0.1) is 5.10 Å². The first-order valence-corrected chi connectivity index (χ1v) is 8.31. The molecule has 1 heterocycles. The van der Waals surface area contributed by atoms with Crippen molar-refractivity contribution >= 4 is 27.5 Å². The van der Waals surface area contributed by atoms with E-state index in [1.165, 1.54) is 0 Å². The molecule has 1 amide bonds. The van der Waals surface area contributed by atoms with Gasteiger partial charge in [0.15, 0.2) is 5.69 Å². The minimum atomic E-state index is -0.273. The zero-order valence-electron chi connectivity index (χ0n) is 13.7. The summed E-state index contributed by atoms with van der Waals surface area (Å²) in [5, 5.41) is 11.0. The first kappa shape index (κ1) is 16.4. The molecule has 5 nitrogen and oxygen atoms in total. The Bertz CT molecular complexity index is 880. The molecule has 0 spiro atoms. The highest BCUT2D eigenvalue weighted by atomic mass is 79.9. The Labute approximate surface area is 148 Å². The SMILES string of the molecule is Cc1cc(C)cc(-n2nnc(C(=O)Nc3ccc(Br)cc3)c2C)c1. The number of amides is 1. The zero-order valence-corrected chi connectivity index (χ0v) is 15.3. The fourth-order valence-electron chi connectivity index (χ4n) is 2.58. The summed E-state index contributed by atoms with van der Waals surface area (Å²) in [6.45, 7) is 5.90. The van der Waals surface area contributed by atoms with Gasteiger partial charge in [0.25, 0.3) is 5.91 Å². The average molecular weight is 385 g/mol. The first-order chi connectivity index (χ1) is 11.4. The van der Waals surface area contributed by atoms with Crippen molar-refractivity contribution < 1.29 is 4.79 Å². The van der Waals surface area contributed by atoms with E-state index in [0.717, 1.165) is 21.3 Å². The molecule has 0 aliphatic carbocycles. The standard InChI is InChI=1S/C18H17BrN4O/c1-11-8-12(2)10-16(9-11)23-13(3)17(21-22-23)18(24)20-15-6-4-14(19)5-7-15/h4-10H,1-3H3,(H,20,24). The van der Waals surface area contributed by atoms with Crippen LogP contribution in [0, 0.1) is 20.8 Å². The molecule has 0 aliphatic rings. The van der Waals surface area contributed by atoms with Crippen LogP contribution < -0.4 is 5.32 Å². The van der Waals surface area contributed by atoms with Gasteiger partial charge in [0, 0.05) is 10.2 Å². The molecule has 2 aromatic carbocycles. The summed E-state index contributed by atoms with van der Waals surface area (Å²) < 4.78 is 2.65. The Morgan fingerprint density at radius 2 is 1.67 bits per heavy atom. The molecule has 1 N–H and O–H groups in total. The minimum Gasteiger partial charge on any atom is -0.321 e. The number of aryl methyl sites for hydroxylation is 2. The summed E-state index contributed by atoms with van der Waals surface area (Å²) in [6, 6.07) is 13.5. The maximum absolute atomic E-state index is 12.5. The lowest BCUT2D eigenvalue weighted by molar-refractivity contribution is 0.102. The zero-order chi connectivity index (χ0) is 17.3. The fourth-order valence-corrected chi connectivity index (χ4v) is 2.84. The lowest BCUT2D eigenvalue weighted by atomic mass is 10.1. The highest BCUT2D eigenvalue weighted by Crippen LogP contribution is 2.18. The van der Waals surface area contributed by atoms with Crippen molar-refractivity contribution in [2.24, 2.45) is 0 Å². The second-order valence-electron chi connectivity index (χ2n) is 5.74. The molecule has 0 aliphatic heterocycles. The van der Waals surface area contributed by atoms with Gasteiger partial charge in [0.05, 0.1) is 11.4 Å². The van der Waals surface area contributed by atoms with E-state index in [9.17, 15) is 4.79 Å². The number of benzene rings is 2. The molecular weight excluding hydrogens is 368 g/mol. The van der Waals surface area contributed by atoms with Crippen LogP contribution in [0.4, 0.5) is 5.69 Å². The molecule has 3 rings (SSSR count). The van der Waals surface area contributed by atoms with Gasteiger partial charge in [-0.2, -0.15) is 0 Å². The molecule has 6 heteroatoms. The number of carbonyl (C=O) groups is 1. The van der Waals surface area contributed by atoms with Crippen molar-refractivity contribution in [3.05, 3.63) is 69.5 Å². The fraction of sp³-hybridized carbons (Fsp3) is 0.167. The molecule has 0 saturated carbocycles. The number of hydrogen-bond acceptors (Lipinski definition) is 3. The number of nitrogens with one attached hydrogen (secondary N) is 1.